The number of urea groups is 1. The average Bonchev–Trinajstić information content (AvgIpc) is 3.35. The molecule has 0 radical (unpaired) electrons. The summed E-state index contributed by atoms with van der Waals surface area (Å²) in [6.07, 6.45) is 6.61. The number of nitrogens with zero attached hydrogens (tertiary/aromatic N) is 4. The third-order valence-electron chi connectivity index (χ3n) is 5.83. The van der Waals surface area contributed by atoms with E-state index in [0.29, 0.717) is 18.1 Å². The smallest absolute Gasteiger partial charge is 0.321 e. The fraction of sp³-hybridized carbons (Fsp3) is 0.600. The molecule has 2 aromatic rings. The number of aliphatic hydroxyl groups excluding tert-OH is 1. The number of hydrogen-bond acceptors (Lipinski definition) is 7. The monoisotopic (exact) mass is 432 g/mol. The van der Waals surface area contributed by atoms with Crippen LogP contribution in [0.4, 0.5) is 15.7 Å². The zero-order chi connectivity index (χ0) is 21.1. The van der Waals surface area contributed by atoms with Crippen molar-refractivity contribution in [1.82, 2.24) is 20.1 Å². The van der Waals surface area contributed by atoms with Crippen molar-refractivity contribution < 1.29 is 9.90 Å². The minimum absolute atomic E-state index is 0.0921. The first kappa shape index (κ1) is 20.8. The lowest BCUT2D eigenvalue weighted by Crippen LogP contribution is -2.48. The topological polar surface area (TPSA) is 112 Å². The minimum Gasteiger partial charge on any atom is -0.391 e. The zero-order valence-corrected chi connectivity index (χ0v) is 17.9. The maximum absolute atomic E-state index is 12.4. The minimum atomic E-state index is -0.525. The molecule has 30 heavy (non-hydrogen) atoms. The van der Waals surface area contributed by atoms with Gasteiger partial charge in [0.25, 0.3) is 5.56 Å². The number of thiazole rings is 1. The maximum atomic E-state index is 12.4. The van der Waals surface area contributed by atoms with E-state index in [4.69, 9.17) is 0 Å². The third-order valence-corrected chi connectivity index (χ3v) is 6.66. The predicted molar refractivity (Wildman–Crippen MR) is 116 cm³/mol. The van der Waals surface area contributed by atoms with Crippen LogP contribution in [0.2, 0.25) is 0 Å². The van der Waals surface area contributed by atoms with Crippen molar-refractivity contribution in [2.75, 3.05) is 23.3 Å². The van der Waals surface area contributed by atoms with E-state index >= 15 is 0 Å². The van der Waals surface area contributed by atoms with Crippen molar-refractivity contribution in [3.63, 3.8) is 0 Å². The van der Waals surface area contributed by atoms with Gasteiger partial charge in [0.1, 0.15) is 5.82 Å². The van der Waals surface area contributed by atoms with Gasteiger partial charge < -0.3 is 15.3 Å². The van der Waals surface area contributed by atoms with Crippen molar-refractivity contribution in [3.8, 4) is 0 Å². The molecule has 2 aromatic heterocycles. The molecule has 1 aliphatic carbocycles. The third kappa shape index (κ3) is 4.65. The van der Waals surface area contributed by atoms with E-state index in [-0.39, 0.29) is 23.7 Å². The summed E-state index contributed by atoms with van der Waals surface area (Å²) in [7, 11) is 0. The molecule has 4 rings (SSSR count). The Bertz CT molecular complexity index is 945. The Balaban J connectivity index is 1.44. The van der Waals surface area contributed by atoms with Crippen molar-refractivity contribution in [2.24, 2.45) is 0 Å². The van der Waals surface area contributed by atoms with E-state index in [2.05, 4.69) is 25.6 Å². The van der Waals surface area contributed by atoms with Crippen LogP contribution in [0.5, 0.6) is 0 Å². The molecular formula is C20H28N6O3S. The molecular weight excluding hydrogens is 404 g/mol. The highest BCUT2D eigenvalue weighted by Crippen LogP contribution is 2.29. The lowest BCUT2D eigenvalue weighted by atomic mass is 10.0. The molecule has 3 heterocycles. The van der Waals surface area contributed by atoms with Crippen LogP contribution in [0, 0.1) is 6.92 Å². The van der Waals surface area contributed by atoms with Crippen LogP contribution in [-0.2, 0) is 0 Å². The quantitative estimate of drug-likeness (QED) is 0.668. The highest BCUT2D eigenvalue weighted by atomic mass is 32.1. The van der Waals surface area contributed by atoms with Gasteiger partial charge in [0, 0.05) is 36.3 Å². The van der Waals surface area contributed by atoms with Crippen molar-refractivity contribution >= 4 is 28.3 Å². The van der Waals surface area contributed by atoms with E-state index in [1.165, 1.54) is 22.1 Å². The average molecular weight is 433 g/mol. The van der Waals surface area contributed by atoms with Gasteiger partial charge in [-0.2, -0.15) is 5.10 Å². The number of carbonyl (C=O) groups is 1. The van der Waals surface area contributed by atoms with Crippen molar-refractivity contribution in [1.29, 1.82) is 0 Å². The highest BCUT2D eigenvalue weighted by molar-refractivity contribution is 7.15. The molecule has 1 saturated carbocycles. The SMILES string of the molecule is Cc1cnc(NC(=O)NCC2CCCCN2c2ccc(=O)n(C3CCCC3O)n2)s1. The first-order valence-electron chi connectivity index (χ1n) is 10.5. The molecule has 2 fully saturated rings. The number of aromatic nitrogens is 3. The van der Waals surface area contributed by atoms with Gasteiger partial charge in [-0.25, -0.2) is 14.5 Å². The Kier molecular flexibility index (Phi) is 6.33. The van der Waals surface area contributed by atoms with Crippen molar-refractivity contribution in [3.05, 3.63) is 33.6 Å². The summed E-state index contributed by atoms with van der Waals surface area (Å²) in [5.41, 5.74) is -0.186. The summed E-state index contributed by atoms with van der Waals surface area (Å²) in [5.74, 6) is 0.719. The van der Waals surface area contributed by atoms with E-state index < -0.39 is 6.10 Å². The fourth-order valence-corrected chi connectivity index (χ4v) is 4.95. The van der Waals surface area contributed by atoms with Crippen LogP contribution in [0.15, 0.2) is 23.1 Å². The molecule has 2 amide bonds. The normalized spacial score (nSPS) is 24.1. The summed E-state index contributed by atoms with van der Waals surface area (Å²) in [6.45, 7) is 3.23. The molecule has 0 bridgehead atoms. The van der Waals surface area contributed by atoms with Gasteiger partial charge in [0.05, 0.1) is 12.1 Å². The van der Waals surface area contributed by atoms with Crippen LogP contribution in [-0.4, -0.2) is 51.1 Å². The number of rotatable bonds is 5. The Morgan fingerprint density at radius 1 is 1.27 bits per heavy atom. The summed E-state index contributed by atoms with van der Waals surface area (Å²) in [4.78, 5) is 32.0. The second-order valence-electron chi connectivity index (χ2n) is 7.99. The van der Waals surface area contributed by atoms with Crippen LogP contribution >= 0.6 is 11.3 Å². The van der Waals surface area contributed by atoms with Crippen molar-refractivity contribution in [2.45, 2.75) is 63.6 Å². The summed E-state index contributed by atoms with van der Waals surface area (Å²) >= 11 is 1.43. The van der Waals surface area contributed by atoms with Gasteiger partial charge in [0.15, 0.2) is 5.13 Å². The second kappa shape index (κ2) is 9.13. The van der Waals surface area contributed by atoms with Gasteiger partial charge in [-0.05, 0) is 51.5 Å². The molecule has 3 atom stereocenters. The van der Waals surface area contributed by atoms with Gasteiger partial charge in [-0.1, -0.05) is 0 Å². The van der Waals surface area contributed by atoms with Gasteiger partial charge in [-0.15, -0.1) is 11.3 Å². The van der Waals surface area contributed by atoms with E-state index in [9.17, 15) is 14.7 Å². The number of carbonyl (C=O) groups excluding carboxylic acids is 1. The van der Waals surface area contributed by atoms with E-state index in [1.54, 1.807) is 12.3 Å². The largest absolute Gasteiger partial charge is 0.391 e. The van der Waals surface area contributed by atoms with Gasteiger partial charge >= 0.3 is 6.03 Å². The number of piperidine rings is 1. The van der Waals surface area contributed by atoms with Gasteiger partial charge in [0.2, 0.25) is 0 Å². The Morgan fingerprint density at radius 3 is 2.87 bits per heavy atom. The Morgan fingerprint density at radius 2 is 2.13 bits per heavy atom. The lowest BCUT2D eigenvalue weighted by molar-refractivity contribution is 0.127. The molecule has 1 aliphatic heterocycles. The maximum Gasteiger partial charge on any atom is 0.321 e. The Hall–Kier alpha value is -2.46. The second-order valence-corrected chi connectivity index (χ2v) is 9.23. The molecule has 10 heteroatoms. The molecule has 3 unspecified atom stereocenters. The summed E-state index contributed by atoms with van der Waals surface area (Å²) in [6, 6.07) is 2.84. The van der Waals surface area contributed by atoms with Crippen LogP contribution in [0.3, 0.4) is 0 Å². The first-order valence-corrected chi connectivity index (χ1v) is 11.3. The molecule has 3 N–H and O–H groups in total. The summed E-state index contributed by atoms with van der Waals surface area (Å²) < 4.78 is 1.45. The molecule has 0 aromatic carbocycles. The van der Waals surface area contributed by atoms with Crippen LogP contribution in [0.25, 0.3) is 0 Å². The van der Waals surface area contributed by atoms with E-state index in [1.807, 2.05) is 6.92 Å². The molecule has 1 saturated heterocycles. The highest BCUT2D eigenvalue weighted by Gasteiger charge is 2.30. The standard InChI is InChI=1S/C20H28N6O3S/c1-13-11-22-20(30-13)23-19(29)21-12-14-5-2-3-10-25(14)17-8-9-18(28)26(24-17)15-6-4-7-16(15)27/h8-9,11,14-16,27H,2-7,10,12H2,1H3,(H2,21,22,23,29). The zero-order valence-electron chi connectivity index (χ0n) is 17.1. The first-order chi connectivity index (χ1) is 14.5. The van der Waals surface area contributed by atoms with Crippen LogP contribution in [0.1, 0.15) is 49.4 Å². The molecule has 9 nitrogen and oxygen atoms in total. The number of aryl methyl sites for hydroxylation is 1. The summed E-state index contributed by atoms with van der Waals surface area (Å²) in [5, 5.41) is 21.1. The number of aliphatic hydroxyl groups is 1. The van der Waals surface area contributed by atoms with Crippen LogP contribution < -0.4 is 21.1 Å². The number of amides is 2. The van der Waals surface area contributed by atoms with Gasteiger partial charge in [-0.3, -0.25) is 10.1 Å². The molecule has 162 valence electrons. The number of hydrogen-bond donors (Lipinski definition) is 3. The van der Waals surface area contributed by atoms with E-state index in [0.717, 1.165) is 49.3 Å². The Labute approximate surface area is 179 Å². The predicted octanol–water partition coefficient (Wildman–Crippen LogP) is 2.27. The number of anilines is 2. The molecule has 0 spiro atoms. The molecule has 2 aliphatic rings. The lowest BCUT2D eigenvalue weighted by Gasteiger charge is -2.37. The fourth-order valence-electron chi connectivity index (χ4n) is 4.29. The number of nitrogens with one attached hydrogen (secondary N) is 2.